The molecule has 0 aliphatic heterocycles. The van der Waals surface area contributed by atoms with Gasteiger partial charge in [0, 0.05) is 19.3 Å². The lowest BCUT2D eigenvalue weighted by Gasteiger charge is -2.18. The molecule has 0 aromatic rings. The van der Waals surface area contributed by atoms with Crippen LogP contribution in [-0.4, -0.2) is 37.2 Å². The molecule has 0 rings (SSSR count). The number of esters is 3. The van der Waals surface area contributed by atoms with E-state index in [2.05, 4.69) is 69.4 Å². The molecular weight excluding hydrogens is 793 g/mol. The second-order valence-corrected chi connectivity index (χ2v) is 17.5. The van der Waals surface area contributed by atoms with Gasteiger partial charge in [0.15, 0.2) is 6.10 Å². The van der Waals surface area contributed by atoms with Crippen molar-refractivity contribution in [3.05, 3.63) is 85.1 Å². The normalized spacial score (nSPS) is 12.7. The van der Waals surface area contributed by atoms with Crippen molar-refractivity contribution in [2.75, 3.05) is 13.2 Å². The summed E-state index contributed by atoms with van der Waals surface area (Å²) in [6, 6.07) is 0. The highest BCUT2D eigenvalue weighted by atomic mass is 16.6. The predicted octanol–water partition coefficient (Wildman–Crippen LogP) is 17.6. The Morgan fingerprint density at radius 1 is 0.344 bits per heavy atom. The molecule has 0 aromatic carbocycles. The van der Waals surface area contributed by atoms with Gasteiger partial charge < -0.3 is 14.2 Å². The van der Waals surface area contributed by atoms with Crippen molar-refractivity contribution in [1.82, 2.24) is 0 Å². The highest BCUT2D eigenvalue weighted by Crippen LogP contribution is 2.16. The molecule has 6 heteroatoms. The maximum atomic E-state index is 12.8. The van der Waals surface area contributed by atoms with Crippen LogP contribution in [0.2, 0.25) is 0 Å². The molecule has 0 N–H and O–H groups in total. The molecule has 64 heavy (non-hydrogen) atoms. The van der Waals surface area contributed by atoms with Crippen molar-refractivity contribution in [3.8, 4) is 0 Å². The molecule has 6 nitrogen and oxygen atoms in total. The third kappa shape index (κ3) is 49.6. The van der Waals surface area contributed by atoms with Crippen molar-refractivity contribution in [3.63, 3.8) is 0 Å². The fourth-order valence-electron chi connectivity index (χ4n) is 7.29. The van der Waals surface area contributed by atoms with Crippen LogP contribution in [0.3, 0.4) is 0 Å². The Kier molecular flexibility index (Phi) is 49.4. The summed E-state index contributed by atoms with van der Waals surface area (Å²) in [6.07, 6.45) is 67.1. The summed E-state index contributed by atoms with van der Waals surface area (Å²) in [4.78, 5) is 38.0. The Morgan fingerprint density at radius 3 is 1.16 bits per heavy atom. The Hall–Kier alpha value is -3.41. The minimum atomic E-state index is -0.798. The molecule has 0 amide bonds. The maximum absolute atomic E-state index is 12.8. The van der Waals surface area contributed by atoms with Crippen molar-refractivity contribution >= 4 is 17.9 Å². The van der Waals surface area contributed by atoms with Crippen LogP contribution in [0.4, 0.5) is 0 Å². The van der Waals surface area contributed by atoms with Crippen LogP contribution in [-0.2, 0) is 28.6 Å². The van der Waals surface area contributed by atoms with Crippen molar-refractivity contribution in [1.29, 1.82) is 0 Å². The van der Waals surface area contributed by atoms with E-state index >= 15 is 0 Å². The van der Waals surface area contributed by atoms with Gasteiger partial charge >= 0.3 is 17.9 Å². The van der Waals surface area contributed by atoms with Crippen LogP contribution < -0.4 is 0 Å². The number of hydrogen-bond acceptors (Lipinski definition) is 6. The third-order valence-corrected chi connectivity index (χ3v) is 11.2. The summed E-state index contributed by atoms with van der Waals surface area (Å²) in [7, 11) is 0. The van der Waals surface area contributed by atoms with Gasteiger partial charge in [-0.2, -0.15) is 0 Å². The average Bonchev–Trinajstić information content (AvgIpc) is 3.29. The Bertz CT molecular complexity index is 1250. The number of carbonyl (C=O) groups is 3. The zero-order valence-corrected chi connectivity index (χ0v) is 41.8. The third-order valence-electron chi connectivity index (χ3n) is 11.2. The fraction of sp³-hybridized carbons (Fsp3) is 0.707. The fourth-order valence-corrected chi connectivity index (χ4v) is 7.29. The highest BCUT2D eigenvalue weighted by molar-refractivity contribution is 5.71. The standard InChI is InChI=1S/C58H98O6/c1-4-7-10-13-16-19-22-25-27-29-31-33-36-39-42-45-48-51-57(60)63-54-55(53-62-56(59)50-47-44-41-38-35-32-24-21-18-15-12-9-6-3)64-58(61)52-49-46-43-40-37-34-30-28-26-23-20-17-14-11-8-5-2/h8-9,11-12,15,17-18,20-21,24,26,28,32,35,55H,4-7,10,13-14,16,19,22-23,25,27,29-31,33-34,36-54H2,1-3H3/b11-8+,12-9+,18-15+,20-17+,24-21+,28-26+,35-32+. The number of ether oxygens (including phenoxy) is 3. The second kappa shape index (κ2) is 52.2. The van der Waals surface area contributed by atoms with Gasteiger partial charge in [-0.3, -0.25) is 14.4 Å². The minimum Gasteiger partial charge on any atom is -0.462 e. The SMILES string of the molecule is CC/C=C/C=C/C=C/C=C/CCCCCC(=O)OCC(COC(=O)CCCCCCCCCCCCCCCCCCC)OC(=O)CCCCCCCC/C=C/C/C=C/C/C=C/CC. The van der Waals surface area contributed by atoms with Crippen molar-refractivity contribution in [2.45, 2.75) is 252 Å². The van der Waals surface area contributed by atoms with E-state index in [1.165, 1.54) is 103 Å². The summed E-state index contributed by atoms with van der Waals surface area (Å²) in [5.74, 6) is -0.944. The Labute approximate surface area is 395 Å². The molecule has 0 aliphatic carbocycles. The van der Waals surface area contributed by atoms with Gasteiger partial charge in [-0.05, 0) is 70.6 Å². The van der Waals surface area contributed by atoms with E-state index in [9.17, 15) is 14.4 Å². The molecule has 0 saturated carbocycles. The van der Waals surface area contributed by atoms with Gasteiger partial charge in [-0.15, -0.1) is 0 Å². The lowest BCUT2D eigenvalue weighted by molar-refractivity contribution is -0.167. The summed E-state index contributed by atoms with van der Waals surface area (Å²) in [5, 5.41) is 0. The second-order valence-electron chi connectivity index (χ2n) is 17.5. The number of unbranched alkanes of at least 4 members (excludes halogenated alkanes) is 25. The molecule has 0 radical (unpaired) electrons. The van der Waals surface area contributed by atoms with Crippen LogP contribution >= 0.6 is 0 Å². The van der Waals surface area contributed by atoms with Crippen molar-refractivity contribution in [2.24, 2.45) is 0 Å². The lowest BCUT2D eigenvalue weighted by Crippen LogP contribution is -2.30. The predicted molar refractivity (Wildman–Crippen MR) is 274 cm³/mol. The smallest absolute Gasteiger partial charge is 0.306 e. The highest BCUT2D eigenvalue weighted by Gasteiger charge is 2.19. The topological polar surface area (TPSA) is 78.9 Å². The lowest BCUT2D eigenvalue weighted by atomic mass is 10.0. The van der Waals surface area contributed by atoms with E-state index in [1.54, 1.807) is 0 Å². The molecule has 0 aromatic heterocycles. The quantitative estimate of drug-likeness (QED) is 0.0199. The first-order valence-corrected chi connectivity index (χ1v) is 26.6. The number of carbonyl (C=O) groups excluding carboxylic acids is 3. The molecular formula is C58H98O6. The van der Waals surface area contributed by atoms with E-state index in [4.69, 9.17) is 14.2 Å². The van der Waals surface area contributed by atoms with Crippen LogP contribution in [0.25, 0.3) is 0 Å². The first kappa shape index (κ1) is 60.6. The summed E-state index contributed by atoms with van der Waals surface area (Å²) in [6.45, 7) is 6.35. The van der Waals surface area contributed by atoms with E-state index in [0.717, 1.165) is 103 Å². The van der Waals surface area contributed by atoms with Gasteiger partial charge in [0.25, 0.3) is 0 Å². The molecule has 0 saturated heterocycles. The van der Waals surface area contributed by atoms with Gasteiger partial charge in [0.05, 0.1) is 0 Å². The molecule has 0 spiro atoms. The number of rotatable bonds is 47. The summed E-state index contributed by atoms with van der Waals surface area (Å²) >= 11 is 0. The van der Waals surface area contributed by atoms with Crippen LogP contribution in [0.1, 0.15) is 245 Å². The van der Waals surface area contributed by atoms with E-state index in [-0.39, 0.29) is 31.1 Å². The Balaban J connectivity index is 4.43. The average molecular weight is 891 g/mol. The molecule has 1 atom stereocenters. The van der Waals surface area contributed by atoms with Crippen LogP contribution in [0.5, 0.6) is 0 Å². The largest absolute Gasteiger partial charge is 0.462 e. The van der Waals surface area contributed by atoms with E-state index in [0.29, 0.717) is 19.3 Å². The van der Waals surface area contributed by atoms with Gasteiger partial charge in [-0.1, -0.05) is 241 Å². The first-order valence-electron chi connectivity index (χ1n) is 26.6. The summed E-state index contributed by atoms with van der Waals surface area (Å²) in [5.41, 5.74) is 0. The molecule has 1 unspecified atom stereocenters. The zero-order chi connectivity index (χ0) is 46.5. The molecule has 0 fully saturated rings. The molecule has 0 aliphatic rings. The molecule has 0 heterocycles. The van der Waals surface area contributed by atoms with Gasteiger partial charge in [-0.25, -0.2) is 0 Å². The molecule has 366 valence electrons. The monoisotopic (exact) mass is 891 g/mol. The first-order chi connectivity index (χ1) is 31.5. The minimum absolute atomic E-state index is 0.0934. The Morgan fingerprint density at radius 2 is 0.688 bits per heavy atom. The zero-order valence-electron chi connectivity index (χ0n) is 41.8. The summed E-state index contributed by atoms with van der Waals surface area (Å²) < 4.78 is 16.8. The number of allylic oxidation sites excluding steroid dienone is 14. The van der Waals surface area contributed by atoms with Gasteiger partial charge in [0.2, 0.25) is 0 Å². The van der Waals surface area contributed by atoms with Crippen molar-refractivity contribution < 1.29 is 28.6 Å². The number of hydrogen-bond donors (Lipinski definition) is 0. The maximum Gasteiger partial charge on any atom is 0.306 e. The molecule has 0 bridgehead atoms. The van der Waals surface area contributed by atoms with Crippen LogP contribution in [0.15, 0.2) is 85.1 Å². The van der Waals surface area contributed by atoms with E-state index in [1.807, 2.05) is 36.5 Å². The van der Waals surface area contributed by atoms with Gasteiger partial charge in [0.1, 0.15) is 13.2 Å². The van der Waals surface area contributed by atoms with E-state index < -0.39 is 6.10 Å². The van der Waals surface area contributed by atoms with Crippen LogP contribution in [0, 0.1) is 0 Å².